The molecule has 0 saturated carbocycles. The number of carbonyl (C=O) groups excluding carboxylic acids is 2. The number of hydrogen-bond donors (Lipinski definition) is 0. The van der Waals surface area contributed by atoms with Crippen molar-refractivity contribution in [2.45, 2.75) is 26.7 Å². The van der Waals surface area contributed by atoms with Crippen LogP contribution in [0.4, 0.5) is 5.82 Å². The maximum atomic E-state index is 13.4. The minimum atomic E-state index is -0.238. The van der Waals surface area contributed by atoms with Crippen LogP contribution in [0.25, 0.3) is 10.2 Å². The van der Waals surface area contributed by atoms with Gasteiger partial charge in [0.1, 0.15) is 17.0 Å². The number of amides is 1. The summed E-state index contributed by atoms with van der Waals surface area (Å²) in [6.45, 7) is 9.05. The minimum Gasteiger partial charge on any atom is -0.466 e. The monoisotopic (exact) mass is 431 g/mol. The molecule has 2 saturated heterocycles. The molecular formula is C21H29N5O3S. The molecule has 1 amide bonds. The number of thiophene rings is 1. The van der Waals surface area contributed by atoms with Gasteiger partial charge in [-0.3, -0.25) is 9.59 Å². The Bertz CT molecular complexity index is 938. The molecular weight excluding hydrogens is 402 g/mol. The Morgan fingerprint density at radius 3 is 2.70 bits per heavy atom. The second-order valence-electron chi connectivity index (χ2n) is 8.07. The fourth-order valence-electron chi connectivity index (χ4n) is 4.27. The van der Waals surface area contributed by atoms with E-state index in [2.05, 4.69) is 26.8 Å². The number of anilines is 1. The maximum absolute atomic E-state index is 13.4. The fourth-order valence-corrected chi connectivity index (χ4v) is 5.38. The third kappa shape index (κ3) is 4.00. The summed E-state index contributed by atoms with van der Waals surface area (Å²) in [5, 5.41) is 0.981. The van der Waals surface area contributed by atoms with Crippen molar-refractivity contribution in [3.8, 4) is 0 Å². The van der Waals surface area contributed by atoms with Crippen LogP contribution < -0.4 is 4.90 Å². The lowest BCUT2D eigenvalue weighted by Gasteiger charge is -2.33. The Morgan fingerprint density at radius 1 is 1.20 bits per heavy atom. The number of nitrogens with zero attached hydrogens (tertiary/aromatic N) is 5. The van der Waals surface area contributed by atoms with Crippen LogP contribution in [-0.4, -0.2) is 84.6 Å². The number of aryl methyl sites for hydroxylation is 1. The number of piperazine rings is 1. The van der Waals surface area contributed by atoms with Crippen molar-refractivity contribution in [3.05, 3.63) is 16.8 Å². The summed E-state index contributed by atoms with van der Waals surface area (Å²) < 4.78 is 5.18. The second kappa shape index (κ2) is 8.85. The first kappa shape index (κ1) is 21.0. The predicted octanol–water partition coefficient (Wildman–Crippen LogP) is 2.17. The smallest absolute Gasteiger partial charge is 0.310 e. The van der Waals surface area contributed by atoms with Crippen molar-refractivity contribution in [2.75, 3.05) is 57.8 Å². The Morgan fingerprint density at radius 2 is 1.97 bits per heavy atom. The number of carbonyl (C=O) groups is 2. The van der Waals surface area contributed by atoms with Crippen LogP contribution in [0.1, 0.15) is 35.0 Å². The van der Waals surface area contributed by atoms with E-state index in [0.29, 0.717) is 24.6 Å². The lowest BCUT2D eigenvalue weighted by atomic mass is 9.98. The van der Waals surface area contributed by atoms with Gasteiger partial charge in [0.05, 0.1) is 22.8 Å². The maximum Gasteiger partial charge on any atom is 0.310 e. The predicted molar refractivity (Wildman–Crippen MR) is 117 cm³/mol. The molecule has 0 radical (unpaired) electrons. The molecule has 0 aromatic carbocycles. The Balaban J connectivity index is 1.60. The molecule has 4 rings (SSSR count). The van der Waals surface area contributed by atoms with Gasteiger partial charge in [0.2, 0.25) is 0 Å². The van der Waals surface area contributed by atoms with E-state index in [-0.39, 0.29) is 17.8 Å². The lowest BCUT2D eigenvalue weighted by molar-refractivity contribution is -0.149. The number of ether oxygens (including phenoxy) is 1. The van der Waals surface area contributed by atoms with E-state index in [1.807, 2.05) is 13.8 Å². The molecule has 8 nitrogen and oxygen atoms in total. The Kier molecular flexibility index (Phi) is 6.19. The molecule has 162 valence electrons. The number of aromatic nitrogens is 2. The second-order valence-corrected chi connectivity index (χ2v) is 9.07. The summed E-state index contributed by atoms with van der Waals surface area (Å²) in [7, 11) is 2.13. The first-order chi connectivity index (χ1) is 14.5. The highest BCUT2D eigenvalue weighted by molar-refractivity contribution is 7.20. The van der Waals surface area contributed by atoms with Gasteiger partial charge in [-0.1, -0.05) is 0 Å². The third-order valence-electron chi connectivity index (χ3n) is 6.03. The van der Waals surface area contributed by atoms with E-state index in [1.54, 1.807) is 11.2 Å². The largest absolute Gasteiger partial charge is 0.466 e. The van der Waals surface area contributed by atoms with Gasteiger partial charge < -0.3 is 19.4 Å². The number of fused-ring (bicyclic) bond motifs is 1. The van der Waals surface area contributed by atoms with Crippen molar-refractivity contribution >= 4 is 39.2 Å². The number of esters is 1. The molecule has 0 bridgehead atoms. The van der Waals surface area contributed by atoms with E-state index in [4.69, 9.17) is 4.74 Å². The van der Waals surface area contributed by atoms with Gasteiger partial charge in [-0.2, -0.15) is 0 Å². The molecule has 2 fully saturated rings. The number of likely N-dealkylation sites (N-methyl/N-ethyl adjacent to an activating group) is 1. The summed E-state index contributed by atoms with van der Waals surface area (Å²) in [5.41, 5.74) is 0.938. The van der Waals surface area contributed by atoms with Gasteiger partial charge in [0.15, 0.2) is 0 Å². The van der Waals surface area contributed by atoms with Crippen LogP contribution in [-0.2, 0) is 9.53 Å². The summed E-state index contributed by atoms with van der Waals surface area (Å²) in [6.07, 6.45) is 3.18. The highest BCUT2D eigenvalue weighted by Crippen LogP contribution is 2.36. The Labute approximate surface area is 180 Å². The van der Waals surface area contributed by atoms with Crippen molar-refractivity contribution in [2.24, 2.45) is 5.92 Å². The van der Waals surface area contributed by atoms with Gasteiger partial charge in [-0.25, -0.2) is 9.97 Å². The van der Waals surface area contributed by atoms with E-state index in [9.17, 15) is 9.59 Å². The minimum absolute atomic E-state index is 0.0196. The highest BCUT2D eigenvalue weighted by atomic mass is 32.1. The van der Waals surface area contributed by atoms with E-state index >= 15 is 0 Å². The number of likely N-dealkylation sites (tertiary alicyclic amines) is 1. The SMILES string of the molecule is CCOC(=O)C1CCCN(C(=O)c2sc3ncnc(N4CCN(C)CC4)c3c2C)C1. The molecule has 9 heteroatoms. The van der Waals surface area contributed by atoms with Crippen LogP contribution in [0, 0.1) is 12.8 Å². The first-order valence-corrected chi connectivity index (χ1v) is 11.4. The summed E-state index contributed by atoms with van der Waals surface area (Å²) in [6, 6.07) is 0. The molecule has 0 N–H and O–H groups in total. The van der Waals surface area contributed by atoms with Crippen LogP contribution in [0.2, 0.25) is 0 Å². The molecule has 1 atom stereocenters. The standard InChI is InChI=1S/C21H29N5O3S/c1-4-29-21(28)15-6-5-7-26(12-15)20(27)17-14(2)16-18(22-13-23-19(16)30-17)25-10-8-24(3)9-11-25/h13,15H,4-12H2,1-3H3. The van der Waals surface area contributed by atoms with E-state index in [1.165, 1.54) is 11.3 Å². The van der Waals surface area contributed by atoms with Crippen LogP contribution in [0.3, 0.4) is 0 Å². The molecule has 0 spiro atoms. The number of piperidine rings is 1. The molecule has 2 aromatic heterocycles. The van der Waals surface area contributed by atoms with E-state index in [0.717, 1.165) is 60.6 Å². The lowest BCUT2D eigenvalue weighted by Crippen LogP contribution is -2.45. The molecule has 2 aliphatic heterocycles. The molecule has 1 unspecified atom stereocenters. The molecule has 4 heterocycles. The summed E-state index contributed by atoms with van der Waals surface area (Å²) in [4.78, 5) is 42.5. The zero-order valence-corrected chi connectivity index (χ0v) is 18.7. The van der Waals surface area contributed by atoms with Crippen molar-refractivity contribution < 1.29 is 14.3 Å². The Hall–Kier alpha value is -2.26. The molecule has 30 heavy (non-hydrogen) atoms. The van der Waals surface area contributed by atoms with Crippen LogP contribution in [0.15, 0.2) is 6.33 Å². The van der Waals surface area contributed by atoms with Gasteiger partial charge in [-0.05, 0) is 39.3 Å². The molecule has 2 aromatic rings. The average molecular weight is 432 g/mol. The molecule has 0 aliphatic carbocycles. The van der Waals surface area contributed by atoms with Crippen LogP contribution >= 0.6 is 11.3 Å². The third-order valence-corrected chi connectivity index (χ3v) is 7.22. The summed E-state index contributed by atoms with van der Waals surface area (Å²) in [5.74, 6) is 0.460. The summed E-state index contributed by atoms with van der Waals surface area (Å²) >= 11 is 1.43. The van der Waals surface area contributed by atoms with E-state index < -0.39 is 0 Å². The molecule has 2 aliphatic rings. The normalized spacial score (nSPS) is 20.6. The quantitative estimate of drug-likeness (QED) is 0.687. The van der Waals surface area contributed by atoms with Gasteiger partial charge in [-0.15, -0.1) is 11.3 Å². The first-order valence-electron chi connectivity index (χ1n) is 10.6. The fraction of sp³-hybridized carbons (Fsp3) is 0.619. The number of rotatable bonds is 4. The van der Waals surface area contributed by atoms with Gasteiger partial charge >= 0.3 is 5.97 Å². The number of hydrogen-bond acceptors (Lipinski definition) is 8. The van der Waals surface area contributed by atoms with Gasteiger partial charge in [0.25, 0.3) is 5.91 Å². The zero-order valence-electron chi connectivity index (χ0n) is 17.9. The van der Waals surface area contributed by atoms with Crippen molar-refractivity contribution in [1.29, 1.82) is 0 Å². The van der Waals surface area contributed by atoms with Gasteiger partial charge in [0, 0.05) is 39.3 Å². The van der Waals surface area contributed by atoms with Crippen LogP contribution in [0.5, 0.6) is 0 Å². The average Bonchev–Trinajstić information content (AvgIpc) is 3.11. The van der Waals surface area contributed by atoms with Crippen molar-refractivity contribution in [1.82, 2.24) is 19.8 Å². The highest BCUT2D eigenvalue weighted by Gasteiger charge is 2.32. The topological polar surface area (TPSA) is 78.9 Å². The van der Waals surface area contributed by atoms with Crippen molar-refractivity contribution in [3.63, 3.8) is 0 Å². The zero-order chi connectivity index (χ0) is 21.3.